The fourth-order valence-corrected chi connectivity index (χ4v) is 1.04. The zero-order valence-corrected chi connectivity index (χ0v) is 7.97. The lowest BCUT2D eigenvalue weighted by molar-refractivity contribution is 0.0518. The van der Waals surface area contributed by atoms with Gasteiger partial charge in [-0.05, 0) is 13.8 Å². The Balaban J connectivity index is 2.89. The van der Waals surface area contributed by atoms with Gasteiger partial charge in [-0.25, -0.2) is 4.79 Å². The number of aromatic amines is 1. The van der Waals surface area contributed by atoms with Crippen LogP contribution in [0.4, 0.5) is 5.82 Å². The van der Waals surface area contributed by atoms with E-state index in [9.17, 15) is 4.79 Å². The quantitative estimate of drug-likeness (QED) is 0.684. The lowest BCUT2D eigenvalue weighted by Crippen LogP contribution is -2.06. The third kappa shape index (κ3) is 1.80. The van der Waals surface area contributed by atoms with Gasteiger partial charge in [-0.3, -0.25) is 5.10 Å². The van der Waals surface area contributed by atoms with Crippen molar-refractivity contribution in [3.05, 3.63) is 11.3 Å². The van der Waals surface area contributed by atoms with Crippen LogP contribution >= 0.6 is 0 Å². The van der Waals surface area contributed by atoms with Crippen LogP contribution < -0.4 is 5.32 Å². The number of aromatic nitrogens is 2. The lowest BCUT2D eigenvalue weighted by Gasteiger charge is -1.99. The second kappa shape index (κ2) is 3.93. The molecule has 2 N–H and O–H groups in total. The van der Waals surface area contributed by atoms with Crippen molar-refractivity contribution in [3.8, 4) is 0 Å². The SMILES string of the molecule is CCOC(=O)c1[nH]nc(NC)c1C. The lowest BCUT2D eigenvalue weighted by atomic mass is 10.2. The summed E-state index contributed by atoms with van der Waals surface area (Å²) in [7, 11) is 1.75. The van der Waals surface area contributed by atoms with E-state index in [-0.39, 0.29) is 5.97 Å². The normalized spacial score (nSPS) is 9.77. The van der Waals surface area contributed by atoms with E-state index in [1.807, 2.05) is 6.92 Å². The Morgan fingerprint density at radius 2 is 2.38 bits per heavy atom. The predicted octanol–water partition coefficient (Wildman–Crippen LogP) is 0.937. The van der Waals surface area contributed by atoms with Gasteiger partial charge in [0.05, 0.1) is 6.61 Å². The molecule has 1 rings (SSSR count). The molecule has 0 radical (unpaired) electrons. The molecule has 0 spiro atoms. The van der Waals surface area contributed by atoms with Crippen LogP contribution in [0.1, 0.15) is 23.0 Å². The maximum Gasteiger partial charge on any atom is 0.356 e. The fraction of sp³-hybridized carbons (Fsp3) is 0.500. The van der Waals surface area contributed by atoms with E-state index in [0.29, 0.717) is 18.1 Å². The second-order valence-corrected chi connectivity index (χ2v) is 2.54. The van der Waals surface area contributed by atoms with Crippen LogP contribution in [0.2, 0.25) is 0 Å². The highest BCUT2D eigenvalue weighted by atomic mass is 16.5. The fourth-order valence-electron chi connectivity index (χ4n) is 1.04. The van der Waals surface area contributed by atoms with Gasteiger partial charge in [0, 0.05) is 12.6 Å². The standard InChI is InChI=1S/C8H13N3O2/c1-4-13-8(12)6-5(2)7(9-3)11-10-6/h4H2,1-3H3,(H2,9,10,11). The number of ether oxygens (including phenoxy) is 1. The van der Waals surface area contributed by atoms with E-state index in [1.54, 1.807) is 14.0 Å². The molecule has 72 valence electrons. The summed E-state index contributed by atoms with van der Waals surface area (Å²) in [5.74, 6) is 0.303. The largest absolute Gasteiger partial charge is 0.461 e. The molecule has 0 fully saturated rings. The Labute approximate surface area is 76.5 Å². The highest BCUT2D eigenvalue weighted by Crippen LogP contribution is 2.14. The molecule has 1 aromatic rings. The average Bonchev–Trinajstić information content (AvgIpc) is 2.47. The van der Waals surface area contributed by atoms with Crippen LogP contribution in [0.5, 0.6) is 0 Å². The minimum Gasteiger partial charge on any atom is -0.461 e. The molecule has 0 amide bonds. The van der Waals surface area contributed by atoms with Crippen molar-refractivity contribution in [1.82, 2.24) is 10.2 Å². The predicted molar refractivity (Wildman–Crippen MR) is 48.8 cm³/mol. The molecule has 0 aliphatic rings. The van der Waals surface area contributed by atoms with Crippen LogP contribution in [0.25, 0.3) is 0 Å². The van der Waals surface area contributed by atoms with E-state index < -0.39 is 0 Å². The zero-order chi connectivity index (χ0) is 9.84. The molecule has 0 saturated heterocycles. The third-order valence-corrected chi connectivity index (χ3v) is 1.73. The smallest absolute Gasteiger partial charge is 0.356 e. The topological polar surface area (TPSA) is 67.0 Å². The first-order valence-electron chi connectivity index (χ1n) is 4.10. The summed E-state index contributed by atoms with van der Waals surface area (Å²) in [5.41, 5.74) is 1.19. The molecule has 0 atom stereocenters. The molecule has 5 heteroatoms. The summed E-state index contributed by atoms with van der Waals surface area (Å²) in [6.07, 6.45) is 0. The number of nitrogens with one attached hydrogen (secondary N) is 2. The number of anilines is 1. The first kappa shape index (κ1) is 9.57. The average molecular weight is 183 g/mol. The van der Waals surface area contributed by atoms with Crippen molar-refractivity contribution in [2.75, 3.05) is 19.0 Å². The number of esters is 1. The Morgan fingerprint density at radius 1 is 1.69 bits per heavy atom. The highest BCUT2D eigenvalue weighted by Gasteiger charge is 2.15. The van der Waals surface area contributed by atoms with Crippen molar-refractivity contribution in [2.45, 2.75) is 13.8 Å². The summed E-state index contributed by atoms with van der Waals surface area (Å²) in [6, 6.07) is 0. The maximum atomic E-state index is 11.3. The van der Waals surface area contributed by atoms with E-state index in [2.05, 4.69) is 15.5 Å². The second-order valence-electron chi connectivity index (χ2n) is 2.54. The van der Waals surface area contributed by atoms with Crippen LogP contribution in [0.3, 0.4) is 0 Å². The van der Waals surface area contributed by atoms with Gasteiger partial charge >= 0.3 is 5.97 Å². The number of hydrogen-bond donors (Lipinski definition) is 2. The first-order valence-corrected chi connectivity index (χ1v) is 4.10. The zero-order valence-electron chi connectivity index (χ0n) is 7.97. The molecular weight excluding hydrogens is 170 g/mol. The number of rotatable bonds is 3. The van der Waals surface area contributed by atoms with E-state index in [1.165, 1.54) is 0 Å². The van der Waals surface area contributed by atoms with Crippen molar-refractivity contribution in [2.24, 2.45) is 0 Å². The van der Waals surface area contributed by atoms with Gasteiger partial charge in [0.2, 0.25) is 0 Å². The summed E-state index contributed by atoms with van der Waals surface area (Å²) >= 11 is 0. The number of nitrogens with zero attached hydrogens (tertiary/aromatic N) is 1. The van der Waals surface area contributed by atoms with Crippen molar-refractivity contribution in [1.29, 1.82) is 0 Å². The van der Waals surface area contributed by atoms with Crippen LogP contribution in [0, 0.1) is 6.92 Å². The van der Waals surface area contributed by atoms with Gasteiger partial charge in [0.15, 0.2) is 5.82 Å². The van der Waals surface area contributed by atoms with Gasteiger partial charge in [-0.15, -0.1) is 0 Å². The molecule has 0 aliphatic heterocycles. The first-order chi connectivity index (χ1) is 6.20. The molecule has 0 unspecified atom stereocenters. The van der Waals surface area contributed by atoms with Crippen LogP contribution in [-0.2, 0) is 4.74 Å². The molecular formula is C8H13N3O2. The molecule has 0 bridgehead atoms. The Bertz CT molecular complexity index is 306. The van der Waals surface area contributed by atoms with E-state index >= 15 is 0 Å². The van der Waals surface area contributed by atoms with Crippen molar-refractivity contribution < 1.29 is 9.53 Å². The van der Waals surface area contributed by atoms with E-state index in [4.69, 9.17) is 4.74 Å². The van der Waals surface area contributed by atoms with Crippen molar-refractivity contribution >= 4 is 11.8 Å². The number of carbonyl (C=O) groups excluding carboxylic acids is 1. The van der Waals surface area contributed by atoms with Crippen LogP contribution in [-0.4, -0.2) is 29.8 Å². The van der Waals surface area contributed by atoms with E-state index in [0.717, 1.165) is 5.56 Å². The highest BCUT2D eigenvalue weighted by molar-refractivity contribution is 5.90. The maximum absolute atomic E-state index is 11.3. The summed E-state index contributed by atoms with van der Waals surface area (Å²) in [6.45, 7) is 3.94. The molecule has 0 aromatic carbocycles. The molecule has 1 aromatic heterocycles. The number of hydrogen-bond acceptors (Lipinski definition) is 4. The molecule has 0 saturated carbocycles. The third-order valence-electron chi connectivity index (χ3n) is 1.73. The van der Waals surface area contributed by atoms with Gasteiger partial charge in [0.25, 0.3) is 0 Å². The van der Waals surface area contributed by atoms with Gasteiger partial charge in [0.1, 0.15) is 5.69 Å². The summed E-state index contributed by atoms with van der Waals surface area (Å²) in [4.78, 5) is 11.3. The minimum atomic E-state index is -0.367. The van der Waals surface area contributed by atoms with Gasteiger partial charge in [-0.2, -0.15) is 5.10 Å². The van der Waals surface area contributed by atoms with Gasteiger partial charge in [-0.1, -0.05) is 0 Å². The van der Waals surface area contributed by atoms with Crippen molar-refractivity contribution in [3.63, 3.8) is 0 Å². The van der Waals surface area contributed by atoms with Gasteiger partial charge < -0.3 is 10.1 Å². The molecule has 0 aliphatic carbocycles. The summed E-state index contributed by atoms with van der Waals surface area (Å²) < 4.78 is 4.83. The summed E-state index contributed by atoms with van der Waals surface area (Å²) in [5, 5.41) is 9.39. The number of carbonyl (C=O) groups is 1. The minimum absolute atomic E-state index is 0.367. The molecule has 1 heterocycles. The Kier molecular flexibility index (Phi) is 2.89. The van der Waals surface area contributed by atoms with Crippen LogP contribution in [0.15, 0.2) is 0 Å². The Morgan fingerprint density at radius 3 is 2.85 bits per heavy atom. The number of H-pyrrole nitrogens is 1. The molecule has 5 nitrogen and oxygen atoms in total. The Hall–Kier alpha value is -1.52. The monoisotopic (exact) mass is 183 g/mol. The molecule has 13 heavy (non-hydrogen) atoms.